The van der Waals surface area contributed by atoms with Gasteiger partial charge >= 0.3 is 0 Å². The second-order valence-corrected chi connectivity index (χ2v) is 10.1. The molecular formula is C28H35N5O3S. The summed E-state index contributed by atoms with van der Waals surface area (Å²) < 4.78 is 13.4. The first-order chi connectivity index (χ1) is 17.9. The number of aromatic nitrogens is 3. The molecule has 9 heteroatoms. The summed E-state index contributed by atoms with van der Waals surface area (Å²) in [5.41, 5.74) is 3.95. The molecule has 37 heavy (non-hydrogen) atoms. The lowest BCUT2D eigenvalue weighted by Crippen LogP contribution is -2.31. The molecule has 0 spiro atoms. The number of unbranched alkanes of at least 4 members (excludes halogenated alkanes) is 1. The maximum atomic E-state index is 13.7. The fourth-order valence-corrected chi connectivity index (χ4v) is 4.89. The molecule has 196 valence electrons. The van der Waals surface area contributed by atoms with Crippen LogP contribution in [0.1, 0.15) is 57.2 Å². The van der Waals surface area contributed by atoms with Crippen molar-refractivity contribution in [2.24, 2.45) is 0 Å². The summed E-state index contributed by atoms with van der Waals surface area (Å²) in [6, 6.07) is 13.1. The van der Waals surface area contributed by atoms with E-state index in [1.165, 1.54) is 0 Å². The highest BCUT2D eigenvalue weighted by Gasteiger charge is 2.35. The van der Waals surface area contributed by atoms with Crippen LogP contribution in [0.15, 0.2) is 58.9 Å². The number of methoxy groups -OCH3 is 1. The fourth-order valence-electron chi connectivity index (χ4n) is 4.21. The number of benzene rings is 2. The highest BCUT2D eigenvalue weighted by atomic mass is 32.2. The molecule has 2 N–H and O–H groups in total. The van der Waals surface area contributed by atoms with Crippen molar-refractivity contribution in [2.45, 2.75) is 58.2 Å². The van der Waals surface area contributed by atoms with Gasteiger partial charge in [0, 0.05) is 17.1 Å². The Hall–Kier alpha value is -3.46. The number of thioether (sulfide) groups is 1. The van der Waals surface area contributed by atoms with Crippen LogP contribution in [0.25, 0.3) is 0 Å². The van der Waals surface area contributed by atoms with Crippen molar-refractivity contribution in [3.8, 4) is 11.5 Å². The first kappa shape index (κ1) is 26.6. The highest BCUT2D eigenvalue weighted by molar-refractivity contribution is 7.99. The number of hydrogen-bond acceptors (Lipinski definition) is 7. The molecule has 1 aliphatic heterocycles. The maximum Gasteiger partial charge on any atom is 0.255 e. The van der Waals surface area contributed by atoms with Gasteiger partial charge in [0.25, 0.3) is 5.91 Å². The standard InChI is InChI=1S/C28H35N5O3S/c1-6-8-14-36-22-13-12-20(17-23(22)35-5)25-24(26(34)30-21-11-9-10-18(3)16-21)19(4)29-27-31-28(32-33(25)27)37-15-7-2/h9-13,16-17,25H,6-8,14-15H2,1-5H3,(H,30,34)(H,29,31,32). The molecule has 0 radical (unpaired) electrons. The Kier molecular flexibility index (Phi) is 8.76. The van der Waals surface area contributed by atoms with Gasteiger partial charge in [-0.2, -0.15) is 4.98 Å². The van der Waals surface area contributed by atoms with E-state index in [0.29, 0.717) is 34.8 Å². The third kappa shape index (κ3) is 6.10. The molecule has 4 rings (SSSR count). The van der Waals surface area contributed by atoms with Gasteiger partial charge in [0.15, 0.2) is 11.5 Å². The summed E-state index contributed by atoms with van der Waals surface area (Å²) in [5.74, 6) is 2.62. The summed E-state index contributed by atoms with van der Waals surface area (Å²) in [5, 5.41) is 11.8. The molecule has 0 fully saturated rings. The molecule has 1 unspecified atom stereocenters. The maximum absolute atomic E-state index is 13.7. The SMILES string of the molecule is CCCCOc1ccc(C2C(C(=O)Nc3cccc(C)c3)=C(C)Nc3nc(SCCC)nn32)cc1OC. The number of anilines is 2. The monoisotopic (exact) mass is 521 g/mol. The number of nitrogens with one attached hydrogen (secondary N) is 2. The predicted octanol–water partition coefficient (Wildman–Crippen LogP) is 6.20. The van der Waals surface area contributed by atoms with Gasteiger partial charge in [0.1, 0.15) is 6.04 Å². The second kappa shape index (κ2) is 12.2. The van der Waals surface area contributed by atoms with Crippen molar-refractivity contribution in [1.29, 1.82) is 0 Å². The van der Waals surface area contributed by atoms with Crippen molar-refractivity contribution >= 4 is 29.3 Å². The number of ether oxygens (including phenoxy) is 2. The van der Waals surface area contributed by atoms with E-state index < -0.39 is 6.04 Å². The normalized spacial score (nSPS) is 14.7. The Morgan fingerprint density at radius 1 is 1.14 bits per heavy atom. The topological polar surface area (TPSA) is 90.3 Å². The zero-order valence-electron chi connectivity index (χ0n) is 22.1. The van der Waals surface area contributed by atoms with Gasteiger partial charge in [-0.15, -0.1) is 5.10 Å². The Balaban J connectivity index is 1.75. The number of fused-ring (bicyclic) bond motifs is 1. The minimum absolute atomic E-state index is 0.202. The smallest absolute Gasteiger partial charge is 0.255 e. The summed E-state index contributed by atoms with van der Waals surface area (Å²) in [6.45, 7) is 8.77. The summed E-state index contributed by atoms with van der Waals surface area (Å²) in [6.07, 6.45) is 3.03. The molecule has 2 heterocycles. The Morgan fingerprint density at radius 2 is 1.97 bits per heavy atom. The lowest BCUT2D eigenvalue weighted by Gasteiger charge is -2.29. The first-order valence-electron chi connectivity index (χ1n) is 12.7. The van der Waals surface area contributed by atoms with Crippen LogP contribution >= 0.6 is 11.8 Å². The highest BCUT2D eigenvalue weighted by Crippen LogP contribution is 2.40. The molecule has 3 aromatic rings. The molecular weight excluding hydrogens is 486 g/mol. The van der Waals surface area contributed by atoms with Crippen LogP contribution in [0.5, 0.6) is 11.5 Å². The Labute approximate surface area is 222 Å². The van der Waals surface area contributed by atoms with Gasteiger partial charge < -0.3 is 20.1 Å². The number of amides is 1. The lowest BCUT2D eigenvalue weighted by molar-refractivity contribution is -0.113. The minimum atomic E-state index is -0.497. The average molecular weight is 522 g/mol. The van der Waals surface area contributed by atoms with Gasteiger partial charge in [-0.1, -0.05) is 50.2 Å². The average Bonchev–Trinajstić information content (AvgIpc) is 3.29. The molecule has 8 nitrogen and oxygen atoms in total. The Bertz CT molecular complexity index is 1290. The van der Waals surface area contributed by atoms with Crippen LogP contribution in [0.4, 0.5) is 11.6 Å². The molecule has 1 amide bonds. The van der Waals surface area contributed by atoms with E-state index in [1.807, 2.05) is 56.3 Å². The van der Waals surface area contributed by atoms with E-state index in [9.17, 15) is 4.79 Å². The zero-order chi connectivity index (χ0) is 26.4. The molecule has 0 saturated carbocycles. The van der Waals surface area contributed by atoms with Crippen LogP contribution in [-0.2, 0) is 4.79 Å². The predicted molar refractivity (Wildman–Crippen MR) is 149 cm³/mol. The molecule has 0 aliphatic carbocycles. The van der Waals surface area contributed by atoms with Crippen LogP contribution in [0, 0.1) is 6.92 Å². The summed E-state index contributed by atoms with van der Waals surface area (Å²) in [4.78, 5) is 18.4. The number of carbonyl (C=O) groups excluding carboxylic acids is 1. The van der Waals surface area contributed by atoms with Crippen molar-refractivity contribution in [2.75, 3.05) is 30.1 Å². The molecule has 0 bridgehead atoms. The quantitative estimate of drug-likeness (QED) is 0.229. The molecule has 0 saturated heterocycles. The van der Waals surface area contributed by atoms with Crippen molar-refractivity contribution in [1.82, 2.24) is 14.8 Å². The van der Waals surface area contributed by atoms with Crippen LogP contribution in [-0.4, -0.2) is 40.1 Å². The van der Waals surface area contributed by atoms with Gasteiger partial charge in [-0.05, 0) is 62.1 Å². The van der Waals surface area contributed by atoms with E-state index >= 15 is 0 Å². The zero-order valence-corrected chi connectivity index (χ0v) is 22.9. The number of carbonyl (C=O) groups is 1. The number of hydrogen-bond donors (Lipinski definition) is 2. The molecule has 1 aliphatic rings. The first-order valence-corrected chi connectivity index (χ1v) is 13.7. The number of aryl methyl sites for hydroxylation is 1. The van der Waals surface area contributed by atoms with E-state index in [2.05, 4.69) is 24.5 Å². The minimum Gasteiger partial charge on any atom is -0.493 e. The van der Waals surface area contributed by atoms with Crippen molar-refractivity contribution in [3.05, 3.63) is 64.9 Å². The largest absolute Gasteiger partial charge is 0.493 e. The third-order valence-electron chi connectivity index (χ3n) is 6.05. The van der Waals surface area contributed by atoms with Gasteiger partial charge in [-0.25, -0.2) is 4.68 Å². The Morgan fingerprint density at radius 3 is 2.70 bits per heavy atom. The van der Waals surface area contributed by atoms with Gasteiger partial charge in [0.05, 0.1) is 19.3 Å². The van der Waals surface area contributed by atoms with Crippen molar-refractivity contribution in [3.63, 3.8) is 0 Å². The number of rotatable bonds is 11. The molecule has 2 aromatic carbocycles. The fraction of sp³-hybridized carbons (Fsp3) is 0.393. The summed E-state index contributed by atoms with van der Waals surface area (Å²) in [7, 11) is 1.63. The van der Waals surface area contributed by atoms with Crippen LogP contribution in [0.2, 0.25) is 0 Å². The lowest BCUT2D eigenvalue weighted by atomic mass is 9.94. The van der Waals surface area contributed by atoms with E-state index in [4.69, 9.17) is 19.6 Å². The van der Waals surface area contributed by atoms with Gasteiger partial charge in [-0.3, -0.25) is 4.79 Å². The van der Waals surface area contributed by atoms with Crippen molar-refractivity contribution < 1.29 is 14.3 Å². The third-order valence-corrected chi connectivity index (χ3v) is 7.09. The van der Waals surface area contributed by atoms with Crippen LogP contribution in [0.3, 0.4) is 0 Å². The molecule has 1 aromatic heterocycles. The number of allylic oxidation sites excluding steroid dienone is 1. The molecule has 1 atom stereocenters. The van der Waals surface area contributed by atoms with E-state index in [1.54, 1.807) is 23.6 Å². The number of nitrogens with zero attached hydrogens (tertiary/aromatic N) is 3. The van der Waals surface area contributed by atoms with E-state index in [0.717, 1.165) is 47.5 Å². The van der Waals surface area contributed by atoms with E-state index in [-0.39, 0.29) is 5.91 Å². The van der Waals surface area contributed by atoms with Crippen LogP contribution < -0.4 is 20.1 Å². The summed E-state index contributed by atoms with van der Waals surface area (Å²) >= 11 is 1.60. The van der Waals surface area contributed by atoms with Gasteiger partial charge in [0.2, 0.25) is 11.1 Å². The second-order valence-electron chi connectivity index (χ2n) is 9.01.